The van der Waals surface area contributed by atoms with E-state index in [0.717, 1.165) is 23.5 Å². The van der Waals surface area contributed by atoms with Gasteiger partial charge in [0.2, 0.25) is 0 Å². The molecule has 25 heavy (non-hydrogen) atoms. The number of benzene rings is 2. The normalized spacial score (nSPS) is 12.8. The topological polar surface area (TPSA) is 29.5 Å². The molecular formula is C22H32O2Si. The minimum absolute atomic E-state index is 0.379. The minimum Gasteiger partial charge on any atom is -0.508 e. The van der Waals surface area contributed by atoms with Crippen LogP contribution in [-0.4, -0.2) is 13.2 Å². The summed E-state index contributed by atoms with van der Waals surface area (Å²) >= 11 is 0. The van der Waals surface area contributed by atoms with Crippen LogP contribution in [0.4, 0.5) is 0 Å². The third-order valence-corrected chi connectivity index (χ3v) is 11.7. The molecule has 136 valence electrons. The van der Waals surface area contributed by atoms with Crippen LogP contribution in [0.5, 0.6) is 17.2 Å². The maximum absolute atomic E-state index is 10.3. The predicted octanol–water partition coefficient (Wildman–Crippen LogP) is 6.87. The number of aromatic hydroxyl groups is 1. The van der Waals surface area contributed by atoms with E-state index < -0.39 is 8.07 Å². The van der Waals surface area contributed by atoms with Gasteiger partial charge in [-0.2, -0.15) is 0 Å². The first-order chi connectivity index (χ1) is 12.0. The Balaban J connectivity index is 2.09. The van der Waals surface area contributed by atoms with Crippen LogP contribution in [0.15, 0.2) is 48.5 Å². The van der Waals surface area contributed by atoms with Gasteiger partial charge in [0, 0.05) is 0 Å². The lowest BCUT2D eigenvalue weighted by Crippen LogP contribution is -2.33. The number of hydrogen-bond acceptors (Lipinski definition) is 2. The quantitative estimate of drug-likeness (QED) is 0.497. The summed E-state index contributed by atoms with van der Waals surface area (Å²) in [6.45, 7) is 9.40. The Morgan fingerprint density at radius 2 is 1.56 bits per heavy atom. The predicted molar refractivity (Wildman–Crippen MR) is 109 cm³/mol. The van der Waals surface area contributed by atoms with Crippen LogP contribution in [0.25, 0.3) is 0 Å². The molecule has 0 bridgehead atoms. The molecule has 0 aliphatic heterocycles. The molecule has 1 atom stereocenters. The molecule has 0 aliphatic rings. The van der Waals surface area contributed by atoms with Gasteiger partial charge < -0.3 is 9.84 Å². The Kier molecular flexibility index (Phi) is 7.12. The molecule has 3 heteroatoms. The Bertz CT molecular complexity index is 642. The molecule has 0 aliphatic carbocycles. The number of phenolic OH excluding ortho intramolecular Hbond substituents is 1. The van der Waals surface area contributed by atoms with Gasteiger partial charge in [-0.15, -0.1) is 0 Å². The van der Waals surface area contributed by atoms with Crippen LogP contribution in [0.2, 0.25) is 24.2 Å². The Morgan fingerprint density at radius 3 is 2.16 bits per heavy atom. The van der Waals surface area contributed by atoms with Crippen LogP contribution in [0, 0.1) is 5.92 Å². The highest BCUT2D eigenvalue weighted by atomic mass is 28.3. The monoisotopic (exact) mass is 356 g/mol. The number of rotatable bonds is 9. The summed E-state index contributed by atoms with van der Waals surface area (Å²) in [4.78, 5) is 0. The third kappa shape index (κ3) is 5.37. The van der Waals surface area contributed by atoms with Crippen LogP contribution >= 0.6 is 0 Å². The van der Waals surface area contributed by atoms with E-state index in [0.29, 0.717) is 11.7 Å². The Morgan fingerprint density at radius 1 is 0.920 bits per heavy atom. The molecule has 2 rings (SSSR count). The van der Waals surface area contributed by atoms with Crippen molar-refractivity contribution in [3.8, 4) is 17.2 Å². The van der Waals surface area contributed by atoms with E-state index in [-0.39, 0.29) is 0 Å². The van der Waals surface area contributed by atoms with E-state index in [1.807, 2.05) is 42.5 Å². The van der Waals surface area contributed by atoms with Crippen molar-refractivity contribution in [2.45, 2.75) is 58.3 Å². The van der Waals surface area contributed by atoms with Crippen LogP contribution in [-0.2, 0) is 6.42 Å². The van der Waals surface area contributed by atoms with Crippen LogP contribution in [0.1, 0.15) is 33.3 Å². The summed E-state index contributed by atoms with van der Waals surface area (Å²) in [5.74, 6) is 2.58. The second kappa shape index (κ2) is 9.09. The van der Waals surface area contributed by atoms with Crippen molar-refractivity contribution in [1.29, 1.82) is 0 Å². The zero-order chi connectivity index (χ0) is 18.3. The highest BCUT2D eigenvalue weighted by Crippen LogP contribution is 2.33. The smallest absolute Gasteiger partial charge is 0.127 e. The fourth-order valence-electron chi connectivity index (χ4n) is 3.78. The van der Waals surface area contributed by atoms with Gasteiger partial charge >= 0.3 is 0 Å². The molecule has 0 saturated carbocycles. The van der Waals surface area contributed by atoms with E-state index >= 15 is 0 Å². The lowest BCUT2D eigenvalue weighted by atomic mass is 10.0. The molecule has 2 aromatic rings. The highest BCUT2D eigenvalue weighted by Gasteiger charge is 2.28. The molecule has 0 aromatic heterocycles. The SMILES string of the molecule is CC[Si](CC)(CC)CC(C)Cc1cc(Oc2ccccc2)ccc1O. The Hall–Kier alpha value is -1.74. The lowest BCUT2D eigenvalue weighted by molar-refractivity contribution is 0.452. The first kappa shape index (κ1) is 19.6. The van der Waals surface area contributed by atoms with E-state index in [2.05, 4.69) is 27.7 Å². The molecule has 1 N–H and O–H groups in total. The van der Waals surface area contributed by atoms with Gasteiger partial charge in [0.1, 0.15) is 17.2 Å². The summed E-state index contributed by atoms with van der Waals surface area (Å²) in [6, 6.07) is 20.8. The number of phenols is 1. The van der Waals surface area contributed by atoms with Crippen molar-refractivity contribution >= 4 is 8.07 Å². The Labute approximate surface area is 153 Å². The number of para-hydroxylation sites is 1. The maximum atomic E-state index is 10.3. The molecule has 0 spiro atoms. The highest BCUT2D eigenvalue weighted by molar-refractivity contribution is 6.79. The largest absolute Gasteiger partial charge is 0.508 e. The van der Waals surface area contributed by atoms with Gasteiger partial charge in [0.15, 0.2) is 0 Å². The van der Waals surface area contributed by atoms with E-state index in [1.54, 1.807) is 6.07 Å². The molecule has 0 radical (unpaired) electrons. The molecule has 0 heterocycles. The number of hydrogen-bond donors (Lipinski definition) is 1. The van der Waals surface area contributed by atoms with Crippen molar-refractivity contribution in [3.05, 3.63) is 54.1 Å². The lowest BCUT2D eigenvalue weighted by Gasteiger charge is -2.31. The molecule has 0 fully saturated rings. The van der Waals surface area contributed by atoms with Gasteiger partial charge in [0.25, 0.3) is 0 Å². The first-order valence-corrected chi connectivity index (χ1v) is 12.4. The van der Waals surface area contributed by atoms with Gasteiger partial charge in [-0.1, -0.05) is 70.1 Å². The van der Waals surface area contributed by atoms with Crippen molar-refractivity contribution in [2.75, 3.05) is 0 Å². The van der Waals surface area contributed by atoms with Crippen LogP contribution < -0.4 is 4.74 Å². The standard InChI is InChI=1S/C22H32O2Si/c1-5-25(6-2,7-3)17-18(4)15-19-16-21(13-14-22(19)23)24-20-11-9-8-10-12-20/h8-14,16,18,23H,5-7,15,17H2,1-4H3. The fraction of sp³-hybridized carbons (Fsp3) is 0.455. The second-order valence-corrected chi connectivity index (χ2v) is 12.8. The zero-order valence-electron chi connectivity index (χ0n) is 16.1. The summed E-state index contributed by atoms with van der Waals surface area (Å²) in [7, 11) is -1.14. The van der Waals surface area contributed by atoms with Crippen LogP contribution in [0.3, 0.4) is 0 Å². The average molecular weight is 357 g/mol. The summed E-state index contributed by atoms with van der Waals surface area (Å²) in [5.41, 5.74) is 0.993. The molecule has 1 unspecified atom stereocenters. The summed E-state index contributed by atoms with van der Waals surface area (Å²) < 4.78 is 5.92. The first-order valence-electron chi connectivity index (χ1n) is 9.56. The van der Waals surface area contributed by atoms with E-state index in [4.69, 9.17) is 4.74 Å². The van der Waals surface area contributed by atoms with Gasteiger partial charge in [-0.05, 0) is 48.2 Å². The third-order valence-electron chi connectivity index (χ3n) is 5.63. The molecular weight excluding hydrogens is 324 g/mol. The summed E-state index contributed by atoms with van der Waals surface area (Å²) in [6.07, 6.45) is 0.909. The van der Waals surface area contributed by atoms with Gasteiger partial charge in [-0.25, -0.2) is 0 Å². The fourth-order valence-corrected chi connectivity index (χ4v) is 7.77. The van der Waals surface area contributed by atoms with Crippen molar-refractivity contribution in [2.24, 2.45) is 5.92 Å². The van der Waals surface area contributed by atoms with Gasteiger partial charge in [0.05, 0.1) is 8.07 Å². The van der Waals surface area contributed by atoms with E-state index in [1.165, 1.54) is 24.2 Å². The summed E-state index contributed by atoms with van der Waals surface area (Å²) in [5, 5.41) is 10.3. The molecule has 2 aromatic carbocycles. The number of ether oxygens (including phenoxy) is 1. The minimum atomic E-state index is -1.14. The second-order valence-electron chi connectivity index (χ2n) is 7.28. The molecule has 0 saturated heterocycles. The van der Waals surface area contributed by atoms with Crippen molar-refractivity contribution in [3.63, 3.8) is 0 Å². The molecule has 0 amide bonds. The van der Waals surface area contributed by atoms with Crippen molar-refractivity contribution < 1.29 is 9.84 Å². The maximum Gasteiger partial charge on any atom is 0.127 e. The van der Waals surface area contributed by atoms with Crippen molar-refractivity contribution in [1.82, 2.24) is 0 Å². The van der Waals surface area contributed by atoms with Gasteiger partial charge in [-0.3, -0.25) is 0 Å². The zero-order valence-corrected chi connectivity index (χ0v) is 17.1. The molecule has 2 nitrogen and oxygen atoms in total. The van der Waals surface area contributed by atoms with E-state index in [9.17, 15) is 5.11 Å². The average Bonchev–Trinajstić information content (AvgIpc) is 2.63.